The maximum atomic E-state index is 12.9. The Kier molecular flexibility index (Phi) is 1.73. The maximum Gasteiger partial charge on any atom is 0.354 e. The highest BCUT2D eigenvalue weighted by Crippen LogP contribution is 2.29. The number of halogens is 1. The topological polar surface area (TPSA) is 63.6 Å². The van der Waals surface area contributed by atoms with E-state index in [1.165, 1.54) is 12.1 Å². The molecule has 0 radical (unpaired) electrons. The Morgan fingerprint density at radius 3 is 2.79 bits per heavy atom. The Labute approximate surface area is 77.9 Å². The molecule has 1 atom stereocenters. The second kappa shape index (κ2) is 2.80. The molecule has 2 rings (SSSR count). The summed E-state index contributed by atoms with van der Waals surface area (Å²) in [6.07, 6.45) is -2.26. The van der Waals surface area contributed by atoms with Gasteiger partial charge in [0.2, 0.25) is 5.78 Å². The zero-order valence-corrected chi connectivity index (χ0v) is 6.86. The van der Waals surface area contributed by atoms with Crippen LogP contribution in [-0.2, 0) is 4.79 Å². The number of carbonyl (C=O) groups is 2. The largest absolute Gasteiger partial charge is 0.508 e. The molecule has 1 aliphatic heterocycles. The zero-order chi connectivity index (χ0) is 10.3. The van der Waals surface area contributed by atoms with Gasteiger partial charge < -0.3 is 9.84 Å². The SMILES string of the molecule is O=C1Oc2cc(O)ccc2C(=O)[C@@H]1F. The number of phenols is 1. The average Bonchev–Trinajstić information content (AvgIpc) is 2.14. The van der Waals surface area contributed by atoms with Crippen LogP contribution in [0.4, 0.5) is 4.39 Å². The van der Waals surface area contributed by atoms with Crippen LogP contribution < -0.4 is 4.74 Å². The molecule has 0 amide bonds. The molecule has 72 valence electrons. The van der Waals surface area contributed by atoms with Gasteiger partial charge >= 0.3 is 5.97 Å². The Morgan fingerprint density at radius 1 is 1.36 bits per heavy atom. The van der Waals surface area contributed by atoms with Gasteiger partial charge in [-0.05, 0) is 12.1 Å². The van der Waals surface area contributed by atoms with E-state index in [4.69, 9.17) is 5.11 Å². The first-order chi connectivity index (χ1) is 6.59. The van der Waals surface area contributed by atoms with Gasteiger partial charge in [0.05, 0.1) is 5.56 Å². The summed E-state index contributed by atoms with van der Waals surface area (Å²) >= 11 is 0. The number of fused-ring (bicyclic) bond motifs is 1. The molecule has 4 nitrogen and oxygen atoms in total. The molecule has 1 heterocycles. The molecule has 0 aromatic heterocycles. The van der Waals surface area contributed by atoms with Gasteiger partial charge in [-0.15, -0.1) is 0 Å². The molecule has 0 bridgehead atoms. The van der Waals surface area contributed by atoms with Crippen molar-refractivity contribution in [2.24, 2.45) is 0 Å². The second-order valence-electron chi connectivity index (χ2n) is 2.83. The zero-order valence-electron chi connectivity index (χ0n) is 6.86. The smallest absolute Gasteiger partial charge is 0.354 e. The second-order valence-corrected chi connectivity index (χ2v) is 2.83. The molecule has 0 fully saturated rings. The number of esters is 1. The summed E-state index contributed by atoms with van der Waals surface area (Å²) in [6.45, 7) is 0. The van der Waals surface area contributed by atoms with Gasteiger partial charge in [-0.3, -0.25) is 4.79 Å². The van der Waals surface area contributed by atoms with Crippen molar-refractivity contribution >= 4 is 11.8 Å². The fourth-order valence-electron chi connectivity index (χ4n) is 1.20. The van der Waals surface area contributed by atoms with Gasteiger partial charge in [-0.1, -0.05) is 0 Å². The minimum Gasteiger partial charge on any atom is -0.508 e. The highest BCUT2D eigenvalue weighted by Gasteiger charge is 2.36. The number of benzene rings is 1. The number of hydrogen-bond donors (Lipinski definition) is 1. The molecular formula is C9H5FO4. The summed E-state index contributed by atoms with van der Waals surface area (Å²) in [5.41, 5.74) is -0.0325. The first-order valence-corrected chi connectivity index (χ1v) is 3.82. The van der Waals surface area contributed by atoms with Crippen LogP contribution in [0.3, 0.4) is 0 Å². The lowest BCUT2D eigenvalue weighted by molar-refractivity contribution is -0.138. The number of aromatic hydroxyl groups is 1. The van der Waals surface area contributed by atoms with E-state index < -0.39 is 17.9 Å². The lowest BCUT2D eigenvalue weighted by Gasteiger charge is -2.16. The third-order valence-electron chi connectivity index (χ3n) is 1.88. The molecule has 1 aromatic rings. The predicted octanol–water partition coefficient (Wildman–Crippen LogP) is 0.832. The van der Waals surface area contributed by atoms with E-state index in [2.05, 4.69) is 4.74 Å². The molecule has 0 saturated carbocycles. The van der Waals surface area contributed by atoms with Gasteiger partial charge in [0.15, 0.2) is 0 Å². The van der Waals surface area contributed by atoms with Crippen LogP contribution in [0.2, 0.25) is 0 Å². The standard InChI is InChI=1S/C9H5FO4/c10-7-8(12)5-2-1-4(11)3-6(5)14-9(7)13/h1-3,7,11H/t7-/m0/s1. The number of Topliss-reactive ketones (excluding diaryl/α,β-unsaturated/α-hetero) is 1. The molecule has 0 saturated heterocycles. The van der Waals surface area contributed by atoms with Gasteiger partial charge in [0.25, 0.3) is 6.17 Å². The van der Waals surface area contributed by atoms with Crippen LogP contribution in [0, 0.1) is 0 Å². The van der Waals surface area contributed by atoms with Gasteiger partial charge in [-0.2, -0.15) is 0 Å². The number of ether oxygens (including phenoxy) is 1. The lowest BCUT2D eigenvalue weighted by atomic mass is 10.0. The van der Waals surface area contributed by atoms with E-state index in [1.807, 2.05) is 0 Å². The normalized spacial score (nSPS) is 20.2. The van der Waals surface area contributed by atoms with Crippen LogP contribution in [0.15, 0.2) is 18.2 Å². The predicted molar refractivity (Wildman–Crippen MR) is 43.0 cm³/mol. The molecule has 1 aliphatic rings. The molecule has 14 heavy (non-hydrogen) atoms. The Morgan fingerprint density at radius 2 is 2.07 bits per heavy atom. The van der Waals surface area contributed by atoms with Crippen LogP contribution >= 0.6 is 0 Å². The number of rotatable bonds is 0. The van der Waals surface area contributed by atoms with E-state index >= 15 is 0 Å². The van der Waals surface area contributed by atoms with E-state index in [0.29, 0.717) is 0 Å². The number of hydrogen-bond acceptors (Lipinski definition) is 4. The van der Waals surface area contributed by atoms with E-state index in [9.17, 15) is 14.0 Å². The van der Waals surface area contributed by atoms with Crippen LogP contribution in [0.1, 0.15) is 10.4 Å². The van der Waals surface area contributed by atoms with E-state index in [-0.39, 0.29) is 17.1 Å². The molecule has 5 heteroatoms. The average molecular weight is 196 g/mol. The Hall–Kier alpha value is -1.91. The van der Waals surface area contributed by atoms with Crippen LogP contribution in [0.25, 0.3) is 0 Å². The lowest BCUT2D eigenvalue weighted by Crippen LogP contribution is -2.34. The van der Waals surface area contributed by atoms with Crippen LogP contribution in [-0.4, -0.2) is 23.0 Å². The molecule has 0 unspecified atom stereocenters. The fraction of sp³-hybridized carbons (Fsp3) is 0.111. The van der Waals surface area contributed by atoms with Crippen molar-refractivity contribution in [2.75, 3.05) is 0 Å². The third-order valence-corrected chi connectivity index (χ3v) is 1.88. The first kappa shape index (κ1) is 8.68. The van der Waals surface area contributed by atoms with Crippen molar-refractivity contribution in [3.05, 3.63) is 23.8 Å². The summed E-state index contributed by atoms with van der Waals surface area (Å²) < 4.78 is 17.4. The van der Waals surface area contributed by atoms with Crippen molar-refractivity contribution in [2.45, 2.75) is 6.17 Å². The summed E-state index contributed by atoms with van der Waals surface area (Å²) in [7, 11) is 0. The summed E-state index contributed by atoms with van der Waals surface area (Å²) in [6, 6.07) is 3.53. The van der Waals surface area contributed by atoms with Crippen molar-refractivity contribution in [1.29, 1.82) is 0 Å². The summed E-state index contributed by atoms with van der Waals surface area (Å²) in [4.78, 5) is 22.0. The van der Waals surface area contributed by atoms with Crippen molar-refractivity contribution in [3.63, 3.8) is 0 Å². The Bertz CT molecular complexity index is 427. The van der Waals surface area contributed by atoms with Gasteiger partial charge in [-0.25, -0.2) is 9.18 Å². The van der Waals surface area contributed by atoms with E-state index in [1.54, 1.807) is 0 Å². The van der Waals surface area contributed by atoms with Crippen molar-refractivity contribution < 1.29 is 23.8 Å². The third kappa shape index (κ3) is 1.14. The molecule has 0 aliphatic carbocycles. The number of ketones is 1. The van der Waals surface area contributed by atoms with Crippen molar-refractivity contribution in [3.8, 4) is 11.5 Å². The molecule has 1 aromatic carbocycles. The quantitative estimate of drug-likeness (QED) is 0.379. The molecule has 1 N–H and O–H groups in total. The summed E-state index contributed by atoms with van der Waals surface area (Å²) in [5, 5.41) is 9.03. The van der Waals surface area contributed by atoms with Crippen LogP contribution in [0.5, 0.6) is 11.5 Å². The Balaban J connectivity index is 2.56. The molecular weight excluding hydrogens is 191 g/mol. The summed E-state index contributed by atoms with van der Waals surface area (Å²) in [5.74, 6) is -2.43. The van der Waals surface area contributed by atoms with E-state index in [0.717, 1.165) is 6.07 Å². The number of phenolic OH excluding ortho intramolecular Hbond substituents is 1. The fourth-order valence-corrected chi connectivity index (χ4v) is 1.20. The monoisotopic (exact) mass is 196 g/mol. The van der Waals surface area contributed by atoms with Gasteiger partial charge in [0.1, 0.15) is 11.5 Å². The minimum atomic E-state index is -2.26. The van der Waals surface area contributed by atoms with Crippen molar-refractivity contribution in [1.82, 2.24) is 0 Å². The number of carbonyl (C=O) groups excluding carboxylic acids is 2. The highest BCUT2D eigenvalue weighted by molar-refractivity contribution is 6.15. The number of alkyl halides is 1. The molecule has 0 spiro atoms. The maximum absolute atomic E-state index is 12.9. The first-order valence-electron chi connectivity index (χ1n) is 3.82. The minimum absolute atomic E-state index is 0.0325. The highest BCUT2D eigenvalue weighted by atomic mass is 19.1. The van der Waals surface area contributed by atoms with Gasteiger partial charge in [0, 0.05) is 6.07 Å².